The molecule has 0 bridgehead atoms. The molecular formula is C18H21FN8O. The van der Waals surface area contributed by atoms with Crippen LogP contribution in [-0.2, 0) is 0 Å². The van der Waals surface area contributed by atoms with Gasteiger partial charge < -0.3 is 22.1 Å². The SMILES string of the molecule is C[C@H](Nc1nc(Nc2cncc(-n3cccn3)c2)c(C(N)=O)cc1F)[C@@H](C)N. The molecule has 0 radical (unpaired) electrons. The predicted molar refractivity (Wildman–Crippen MR) is 104 cm³/mol. The van der Waals surface area contributed by atoms with Crippen molar-refractivity contribution in [3.63, 3.8) is 0 Å². The monoisotopic (exact) mass is 384 g/mol. The lowest BCUT2D eigenvalue weighted by Crippen LogP contribution is -2.35. The number of amides is 1. The summed E-state index contributed by atoms with van der Waals surface area (Å²) >= 11 is 0. The van der Waals surface area contributed by atoms with E-state index >= 15 is 0 Å². The first-order valence-electron chi connectivity index (χ1n) is 8.59. The molecule has 3 rings (SSSR count). The Labute approximate surface area is 161 Å². The summed E-state index contributed by atoms with van der Waals surface area (Å²) in [5.74, 6) is -1.44. The van der Waals surface area contributed by atoms with Crippen LogP contribution in [0.4, 0.5) is 21.7 Å². The Kier molecular flexibility index (Phi) is 5.50. The molecule has 0 aliphatic rings. The molecule has 1 amide bonds. The summed E-state index contributed by atoms with van der Waals surface area (Å²) in [6.45, 7) is 3.59. The van der Waals surface area contributed by atoms with Gasteiger partial charge in [0.05, 0.1) is 29.3 Å². The van der Waals surface area contributed by atoms with E-state index in [0.717, 1.165) is 6.07 Å². The number of anilines is 3. The van der Waals surface area contributed by atoms with E-state index in [4.69, 9.17) is 11.5 Å². The lowest BCUT2D eigenvalue weighted by molar-refractivity contribution is 0.100. The van der Waals surface area contributed by atoms with Crippen LogP contribution < -0.4 is 22.1 Å². The van der Waals surface area contributed by atoms with Gasteiger partial charge in [0.25, 0.3) is 5.91 Å². The van der Waals surface area contributed by atoms with E-state index in [-0.39, 0.29) is 29.3 Å². The van der Waals surface area contributed by atoms with Crippen molar-refractivity contribution < 1.29 is 9.18 Å². The van der Waals surface area contributed by atoms with Gasteiger partial charge in [0.2, 0.25) is 0 Å². The number of nitrogens with zero attached hydrogens (tertiary/aromatic N) is 4. The number of carbonyl (C=O) groups excluding carboxylic acids is 1. The maximum Gasteiger partial charge on any atom is 0.252 e. The van der Waals surface area contributed by atoms with Crippen LogP contribution in [0, 0.1) is 5.82 Å². The number of rotatable bonds is 7. The zero-order valence-electron chi connectivity index (χ0n) is 15.4. The van der Waals surface area contributed by atoms with Crippen molar-refractivity contribution in [2.45, 2.75) is 25.9 Å². The van der Waals surface area contributed by atoms with Crippen molar-refractivity contribution in [2.24, 2.45) is 11.5 Å². The molecular weight excluding hydrogens is 363 g/mol. The number of hydrogen-bond acceptors (Lipinski definition) is 7. The lowest BCUT2D eigenvalue weighted by atomic mass is 10.2. The maximum atomic E-state index is 14.4. The van der Waals surface area contributed by atoms with E-state index < -0.39 is 11.7 Å². The van der Waals surface area contributed by atoms with Gasteiger partial charge in [-0.2, -0.15) is 5.10 Å². The number of aromatic nitrogens is 4. The molecule has 0 saturated heterocycles. The summed E-state index contributed by atoms with van der Waals surface area (Å²) in [6, 6.07) is 4.11. The lowest BCUT2D eigenvalue weighted by Gasteiger charge is -2.20. The highest BCUT2D eigenvalue weighted by Gasteiger charge is 2.18. The average molecular weight is 384 g/mol. The number of pyridine rings is 2. The number of nitrogens with one attached hydrogen (secondary N) is 2. The van der Waals surface area contributed by atoms with Crippen LogP contribution in [0.1, 0.15) is 24.2 Å². The average Bonchev–Trinajstić information content (AvgIpc) is 3.19. The molecule has 0 aromatic carbocycles. The Morgan fingerprint density at radius 2 is 2.04 bits per heavy atom. The Morgan fingerprint density at radius 3 is 2.68 bits per heavy atom. The van der Waals surface area contributed by atoms with Gasteiger partial charge >= 0.3 is 0 Å². The molecule has 3 aromatic heterocycles. The van der Waals surface area contributed by atoms with Gasteiger partial charge in [-0.3, -0.25) is 9.78 Å². The quantitative estimate of drug-likeness (QED) is 0.487. The van der Waals surface area contributed by atoms with Crippen LogP contribution in [-0.4, -0.2) is 37.7 Å². The van der Waals surface area contributed by atoms with E-state index in [2.05, 4.69) is 25.7 Å². The molecule has 146 valence electrons. The van der Waals surface area contributed by atoms with Crippen LogP contribution in [0.3, 0.4) is 0 Å². The molecule has 0 saturated carbocycles. The Morgan fingerprint density at radius 1 is 1.25 bits per heavy atom. The van der Waals surface area contributed by atoms with Crippen molar-refractivity contribution in [1.29, 1.82) is 0 Å². The van der Waals surface area contributed by atoms with Crippen molar-refractivity contribution >= 4 is 23.2 Å². The van der Waals surface area contributed by atoms with Crippen LogP contribution in [0.5, 0.6) is 0 Å². The van der Waals surface area contributed by atoms with Gasteiger partial charge in [0, 0.05) is 24.5 Å². The standard InChI is InChI=1S/C18H21FN8O/c1-10(20)11(2)24-18-15(19)7-14(16(21)28)17(26-18)25-12-6-13(9-22-8-12)27-5-3-4-23-27/h3-11H,20H2,1-2H3,(H2,21,28)(H2,24,25,26)/t10-,11+/m1/s1. The largest absolute Gasteiger partial charge is 0.365 e. The van der Waals surface area contributed by atoms with E-state index in [1.165, 1.54) is 0 Å². The second-order valence-electron chi connectivity index (χ2n) is 6.38. The van der Waals surface area contributed by atoms with Crippen LogP contribution in [0.2, 0.25) is 0 Å². The molecule has 0 aliphatic carbocycles. The summed E-state index contributed by atoms with van der Waals surface area (Å²) in [7, 11) is 0. The fraction of sp³-hybridized carbons (Fsp3) is 0.222. The molecule has 3 aromatic rings. The maximum absolute atomic E-state index is 14.4. The molecule has 0 fully saturated rings. The first kappa shape index (κ1) is 19.2. The van der Waals surface area contributed by atoms with Gasteiger partial charge in [-0.25, -0.2) is 14.1 Å². The fourth-order valence-corrected chi connectivity index (χ4v) is 2.40. The summed E-state index contributed by atoms with van der Waals surface area (Å²) in [4.78, 5) is 20.1. The first-order chi connectivity index (χ1) is 13.3. The van der Waals surface area contributed by atoms with Gasteiger partial charge in [-0.1, -0.05) is 0 Å². The number of primary amides is 1. The molecule has 6 N–H and O–H groups in total. The van der Waals surface area contributed by atoms with Gasteiger partial charge in [0.15, 0.2) is 11.6 Å². The van der Waals surface area contributed by atoms with Crippen molar-refractivity contribution in [3.8, 4) is 5.69 Å². The van der Waals surface area contributed by atoms with Gasteiger partial charge in [0.1, 0.15) is 5.82 Å². The Bertz CT molecular complexity index is 974. The van der Waals surface area contributed by atoms with Gasteiger partial charge in [-0.05, 0) is 32.0 Å². The van der Waals surface area contributed by atoms with Crippen molar-refractivity contribution in [1.82, 2.24) is 19.7 Å². The second kappa shape index (κ2) is 8.01. The van der Waals surface area contributed by atoms with E-state index in [1.54, 1.807) is 55.4 Å². The number of halogens is 1. The fourth-order valence-electron chi connectivity index (χ4n) is 2.40. The van der Waals surface area contributed by atoms with E-state index in [0.29, 0.717) is 11.4 Å². The molecule has 10 heteroatoms. The highest BCUT2D eigenvalue weighted by Crippen LogP contribution is 2.25. The number of hydrogen-bond donors (Lipinski definition) is 4. The minimum absolute atomic E-state index is 0.0338. The van der Waals surface area contributed by atoms with Crippen LogP contribution in [0.15, 0.2) is 43.0 Å². The third-order valence-corrected chi connectivity index (χ3v) is 4.15. The smallest absolute Gasteiger partial charge is 0.252 e. The predicted octanol–water partition coefficient (Wildman–Crippen LogP) is 1.79. The molecule has 3 heterocycles. The van der Waals surface area contributed by atoms with E-state index in [1.807, 2.05) is 0 Å². The molecule has 2 atom stereocenters. The number of carbonyl (C=O) groups is 1. The zero-order valence-corrected chi connectivity index (χ0v) is 15.4. The Hall–Kier alpha value is -3.53. The molecule has 9 nitrogen and oxygen atoms in total. The Balaban J connectivity index is 1.96. The first-order valence-corrected chi connectivity index (χ1v) is 8.59. The topological polar surface area (TPSA) is 137 Å². The summed E-state index contributed by atoms with van der Waals surface area (Å²) in [5.41, 5.74) is 12.3. The normalized spacial score (nSPS) is 13.0. The van der Waals surface area contributed by atoms with Crippen LogP contribution >= 0.6 is 0 Å². The summed E-state index contributed by atoms with van der Waals surface area (Å²) < 4.78 is 16.0. The summed E-state index contributed by atoms with van der Waals surface area (Å²) in [6.07, 6.45) is 6.58. The van der Waals surface area contributed by atoms with E-state index in [9.17, 15) is 9.18 Å². The molecule has 0 unspecified atom stereocenters. The third-order valence-electron chi connectivity index (χ3n) is 4.15. The molecule has 0 aliphatic heterocycles. The van der Waals surface area contributed by atoms with Gasteiger partial charge in [-0.15, -0.1) is 0 Å². The zero-order chi connectivity index (χ0) is 20.3. The van der Waals surface area contributed by atoms with Crippen LogP contribution in [0.25, 0.3) is 5.69 Å². The number of nitrogens with two attached hydrogens (primary N) is 2. The third kappa shape index (κ3) is 4.23. The minimum atomic E-state index is -0.808. The minimum Gasteiger partial charge on any atom is -0.365 e. The van der Waals surface area contributed by atoms with Crippen molar-refractivity contribution in [2.75, 3.05) is 10.6 Å². The summed E-state index contributed by atoms with van der Waals surface area (Å²) in [5, 5.41) is 10.0. The van der Waals surface area contributed by atoms with Crippen molar-refractivity contribution in [3.05, 3.63) is 54.4 Å². The highest BCUT2D eigenvalue weighted by atomic mass is 19.1. The molecule has 0 spiro atoms. The molecule has 28 heavy (non-hydrogen) atoms. The highest BCUT2D eigenvalue weighted by molar-refractivity contribution is 5.98. The second-order valence-corrected chi connectivity index (χ2v) is 6.38.